The van der Waals surface area contributed by atoms with E-state index in [4.69, 9.17) is 24.1 Å². The zero-order chi connectivity index (χ0) is 21.1. The monoisotopic (exact) mass is 405 g/mol. The molecule has 1 amide bonds. The maximum absolute atomic E-state index is 12.4. The van der Waals surface area contributed by atoms with E-state index < -0.39 is 18.3 Å². The fourth-order valence-corrected chi connectivity index (χ4v) is 2.73. The van der Waals surface area contributed by atoms with Crippen molar-refractivity contribution in [3.8, 4) is 11.5 Å². The van der Waals surface area contributed by atoms with Gasteiger partial charge in [-0.1, -0.05) is 12.1 Å². The van der Waals surface area contributed by atoms with Gasteiger partial charge in [-0.05, 0) is 42.0 Å². The van der Waals surface area contributed by atoms with Crippen LogP contribution >= 0.6 is 0 Å². The highest BCUT2D eigenvalue weighted by Gasteiger charge is 2.27. The average Bonchev–Trinajstić information content (AvgIpc) is 2.75. The van der Waals surface area contributed by atoms with Crippen LogP contribution in [0, 0.1) is 0 Å². The third-order valence-corrected chi connectivity index (χ3v) is 4.19. The van der Waals surface area contributed by atoms with Crippen LogP contribution in [0.2, 0.25) is 0 Å². The smallest absolute Gasteiger partial charge is 0.412 e. The number of carbonyl (C=O) groups is 1. The topological polar surface area (TPSA) is 106 Å². The number of anilines is 1. The lowest BCUT2D eigenvalue weighted by Gasteiger charge is -2.26. The van der Waals surface area contributed by atoms with Gasteiger partial charge in [-0.3, -0.25) is 5.32 Å². The van der Waals surface area contributed by atoms with Crippen LogP contribution in [0.3, 0.4) is 0 Å². The molecule has 8 nitrogen and oxygen atoms in total. The summed E-state index contributed by atoms with van der Waals surface area (Å²) in [6, 6.07) is 13.8. The van der Waals surface area contributed by atoms with Gasteiger partial charge in [-0.15, -0.1) is 0 Å². The van der Waals surface area contributed by atoms with Crippen molar-refractivity contribution in [1.82, 2.24) is 0 Å². The Morgan fingerprint density at radius 1 is 0.966 bits per heavy atom. The van der Waals surface area contributed by atoms with Gasteiger partial charge in [0.05, 0.1) is 13.7 Å². The van der Waals surface area contributed by atoms with Crippen LogP contribution < -0.4 is 14.8 Å². The standard InChI is InChI=1S/C21H27NO7/c1-26-17-9-5-16(6-10-17)22-21(25)29-20(19(27-2)11-12-23)15-3-7-18(8-4-15)28-14-13-24/h3-10,19-20,23-24H,11-14H2,1-2H3,(H,22,25)/t19-,20-/m0/s1. The van der Waals surface area contributed by atoms with Crippen LogP contribution in [-0.4, -0.2) is 56.5 Å². The van der Waals surface area contributed by atoms with Gasteiger partial charge in [0.2, 0.25) is 0 Å². The van der Waals surface area contributed by atoms with Gasteiger partial charge < -0.3 is 29.2 Å². The van der Waals surface area contributed by atoms with Crippen molar-refractivity contribution < 1.29 is 34.0 Å². The van der Waals surface area contributed by atoms with Crippen molar-refractivity contribution in [2.45, 2.75) is 18.6 Å². The van der Waals surface area contributed by atoms with E-state index in [1.54, 1.807) is 55.6 Å². The van der Waals surface area contributed by atoms with E-state index in [-0.39, 0.29) is 19.8 Å². The summed E-state index contributed by atoms with van der Waals surface area (Å²) in [5.74, 6) is 1.26. The van der Waals surface area contributed by atoms with Gasteiger partial charge in [0.25, 0.3) is 0 Å². The maximum atomic E-state index is 12.4. The molecule has 0 saturated carbocycles. The Morgan fingerprint density at radius 2 is 1.62 bits per heavy atom. The molecule has 0 aliphatic heterocycles. The lowest BCUT2D eigenvalue weighted by Crippen LogP contribution is -2.28. The number of aliphatic hydroxyl groups excluding tert-OH is 2. The second-order valence-corrected chi connectivity index (χ2v) is 6.11. The normalized spacial score (nSPS) is 12.7. The highest BCUT2D eigenvalue weighted by molar-refractivity contribution is 5.84. The SMILES string of the molecule is COc1ccc(NC(=O)O[C@@H](c2ccc(OCCO)cc2)[C@H](CCO)OC)cc1. The number of amides is 1. The van der Waals surface area contributed by atoms with E-state index in [0.717, 1.165) is 0 Å². The first kappa shape index (κ1) is 22.5. The molecule has 2 aromatic carbocycles. The molecular formula is C21H27NO7. The van der Waals surface area contributed by atoms with E-state index >= 15 is 0 Å². The summed E-state index contributed by atoms with van der Waals surface area (Å²) in [6.07, 6.45) is -1.64. The Kier molecular flexibility index (Phi) is 9.23. The first-order valence-electron chi connectivity index (χ1n) is 9.20. The third kappa shape index (κ3) is 6.94. The third-order valence-electron chi connectivity index (χ3n) is 4.19. The fourth-order valence-electron chi connectivity index (χ4n) is 2.73. The number of methoxy groups -OCH3 is 2. The summed E-state index contributed by atoms with van der Waals surface area (Å²) in [5, 5.41) is 20.8. The number of benzene rings is 2. The average molecular weight is 405 g/mol. The summed E-state index contributed by atoms with van der Waals surface area (Å²) < 4.78 is 21.5. The van der Waals surface area contributed by atoms with E-state index in [0.29, 0.717) is 29.2 Å². The van der Waals surface area contributed by atoms with Crippen LogP contribution in [-0.2, 0) is 9.47 Å². The number of carbonyl (C=O) groups excluding carboxylic acids is 1. The minimum absolute atomic E-state index is 0.0821. The molecule has 3 N–H and O–H groups in total. The zero-order valence-electron chi connectivity index (χ0n) is 16.5. The molecular weight excluding hydrogens is 378 g/mol. The lowest BCUT2D eigenvalue weighted by atomic mass is 10.0. The van der Waals surface area contributed by atoms with Gasteiger partial charge in [0.1, 0.15) is 24.2 Å². The number of hydrogen-bond donors (Lipinski definition) is 3. The fraction of sp³-hybridized carbons (Fsp3) is 0.381. The number of ether oxygens (including phenoxy) is 4. The molecule has 2 atom stereocenters. The molecule has 0 saturated heterocycles. The molecule has 0 unspecified atom stereocenters. The minimum atomic E-state index is -0.739. The number of hydrogen-bond acceptors (Lipinski definition) is 7. The molecule has 158 valence electrons. The van der Waals surface area contributed by atoms with Gasteiger partial charge in [0, 0.05) is 25.8 Å². The highest BCUT2D eigenvalue weighted by Crippen LogP contribution is 2.28. The number of nitrogens with one attached hydrogen (secondary N) is 1. The quantitative estimate of drug-likeness (QED) is 0.528. The molecule has 0 radical (unpaired) electrons. The van der Waals surface area contributed by atoms with Crippen molar-refractivity contribution in [2.75, 3.05) is 39.4 Å². The maximum Gasteiger partial charge on any atom is 0.412 e. The highest BCUT2D eigenvalue weighted by atomic mass is 16.6. The second kappa shape index (κ2) is 11.9. The Labute approximate surface area is 170 Å². The van der Waals surface area contributed by atoms with Crippen LogP contribution in [0.5, 0.6) is 11.5 Å². The van der Waals surface area contributed by atoms with E-state index in [2.05, 4.69) is 5.32 Å². The van der Waals surface area contributed by atoms with E-state index in [9.17, 15) is 9.90 Å². The molecule has 0 spiro atoms. The number of rotatable bonds is 11. The summed E-state index contributed by atoms with van der Waals surface area (Å²) in [7, 11) is 3.06. The zero-order valence-corrected chi connectivity index (χ0v) is 16.5. The predicted molar refractivity (Wildman–Crippen MR) is 107 cm³/mol. The summed E-state index contributed by atoms with van der Waals surface area (Å²) >= 11 is 0. The van der Waals surface area contributed by atoms with E-state index in [1.807, 2.05) is 0 Å². The Balaban J connectivity index is 2.13. The number of aliphatic hydroxyl groups is 2. The van der Waals surface area contributed by atoms with Gasteiger partial charge in [-0.25, -0.2) is 4.79 Å². The van der Waals surface area contributed by atoms with Crippen molar-refractivity contribution in [1.29, 1.82) is 0 Å². The van der Waals surface area contributed by atoms with Crippen LogP contribution in [0.4, 0.5) is 10.5 Å². The summed E-state index contributed by atoms with van der Waals surface area (Å²) in [5.41, 5.74) is 1.24. The molecule has 2 rings (SSSR count). The Morgan fingerprint density at radius 3 is 2.17 bits per heavy atom. The molecule has 0 aliphatic carbocycles. The van der Waals surface area contributed by atoms with Gasteiger partial charge >= 0.3 is 6.09 Å². The second-order valence-electron chi connectivity index (χ2n) is 6.11. The van der Waals surface area contributed by atoms with Crippen molar-refractivity contribution in [2.24, 2.45) is 0 Å². The molecule has 0 aliphatic rings. The molecule has 0 aromatic heterocycles. The molecule has 0 heterocycles. The molecule has 8 heteroatoms. The summed E-state index contributed by atoms with van der Waals surface area (Å²) in [4.78, 5) is 12.4. The minimum Gasteiger partial charge on any atom is -0.497 e. The van der Waals surface area contributed by atoms with Gasteiger partial charge in [-0.2, -0.15) is 0 Å². The largest absolute Gasteiger partial charge is 0.497 e. The van der Waals surface area contributed by atoms with Crippen LogP contribution in [0.15, 0.2) is 48.5 Å². The molecule has 29 heavy (non-hydrogen) atoms. The van der Waals surface area contributed by atoms with Crippen molar-refractivity contribution in [3.63, 3.8) is 0 Å². The first-order chi connectivity index (χ1) is 14.1. The van der Waals surface area contributed by atoms with Crippen molar-refractivity contribution >= 4 is 11.8 Å². The predicted octanol–water partition coefficient (Wildman–Crippen LogP) is 2.75. The van der Waals surface area contributed by atoms with E-state index in [1.165, 1.54) is 7.11 Å². The summed E-state index contributed by atoms with van der Waals surface area (Å²) in [6.45, 7) is -0.00776. The van der Waals surface area contributed by atoms with Gasteiger partial charge in [0.15, 0.2) is 6.10 Å². The lowest BCUT2D eigenvalue weighted by molar-refractivity contribution is -0.0306. The molecule has 0 bridgehead atoms. The van der Waals surface area contributed by atoms with Crippen molar-refractivity contribution in [3.05, 3.63) is 54.1 Å². The Hall–Kier alpha value is -2.81. The molecule has 2 aromatic rings. The first-order valence-corrected chi connectivity index (χ1v) is 9.20. The van der Waals surface area contributed by atoms with Crippen LogP contribution in [0.25, 0.3) is 0 Å². The Bertz CT molecular complexity index is 734. The molecule has 0 fully saturated rings. The van der Waals surface area contributed by atoms with Crippen LogP contribution in [0.1, 0.15) is 18.1 Å².